The van der Waals surface area contributed by atoms with Crippen LogP contribution in [-0.4, -0.2) is 30.1 Å². The Labute approximate surface area is 120 Å². The van der Waals surface area contributed by atoms with Gasteiger partial charge in [-0.05, 0) is 16.4 Å². The molecule has 4 nitrogen and oxygen atoms in total. The van der Waals surface area contributed by atoms with Crippen LogP contribution in [0.2, 0.25) is 0 Å². The van der Waals surface area contributed by atoms with Crippen molar-refractivity contribution < 1.29 is 9.53 Å². The minimum Gasteiger partial charge on any atom is -0.356 e. The second kappa shape index (κ2) is 3.59. The molecule has 0 bridgehead atoms. The number of Topliss-reactive ketones (excluding diaryl/α,β-unsaturated/α-hetero) is 1. The van der Waals surface area contributed by atoms with Gasteiger partial charge in [0.1, 0.15) is 0 Å². The van der Waals surface area contributed by atoms with Gasteiger partial charge in [-0.15, -0.1) is 0 Å². The lowest BCUT2D eigenvalue weighted by atomic mass is 9.56. The van der Waals surface area contributed by atoms with Gasteiger partial charge in [0.15, 0.2) is 11.1 Å². The Morgan fingerprint density at radius 1 is 1.25 bits per heavy atom. The number of ketones is 1. The molecule has 2 heterocycles. The lowest BCUT2D eigenvalue weighted by Crippen LogP contribution is -2.61. The molecule has 3 atom stereocenters. The van der Waals surface area contributed by atoms with Crippen molar-refractivity contribution in [3.63, 3.8) is 0 Å². The summed E-state index contributed by atoms with van der Waals surface area (Å²) in [7, 11) is 0. The van der Waals surface area contributed by atoms with Gasteiger partial charge in [-0.2, -0.15) is 10.2 Å². The SMILES string of the molecule is CC(C)(C)C1=C[C@H]2CN=N[C@]2(C(C)(C)C)C(=O)[C@@]12CO2. The third-order valence-electron chi connectivity index (χ3n) is 4.94. The Balaban J connectivity index is 2.20. The number of carbonyl (C=O) groups is 1. The van der Waals surface area contributed by atoms with Crippen LogP contribution in [0, 0.1) is 16.7 Å². The van der Waals surface area contributed by atoms with Gasteiger partial charge in [0.2, 0.25) is 5.78 Å². The summed E-state index contributed by atoms with van der Waals surface area (Å²) in [5, 5.41) is 8.68. The minimum atomic E-state index is -0.752. The maximum atomic E-state index is 13.3. The Morgan fingerprint density at radius 3 is 2.30 bits per heavy atom. The van der Waals surface area contributed by atoms with Gasteiger partial charge in [-0.25, -0.2) is 0 Å². The second-order valence-electron chi connectivity index (χ2n) is 8.32. The van der Waals surface area contributed by atoms with Crippen molar-refractivity contribution in [1.29, 1.82) is 0 Å². The van der Waals surface area contributed by atoms with E-state index in [1.807, 2.05) is 0 Å². The number of hydrogen-bond acceptors (Lipinski definition) is 4. The smallest absolute Gasteiger partial charge is 0.201 e. The fraction of sp³-hybridized carbons (Fsp3) is 0.812. The summed E-state index contributed by atoms with van der Waals surface area (Å²) in [6, 6.07) is 0. The fourth-order valence-electron chi connectivity index (χ4n) is 3.86. The van der Waals surface area contributed by atoms with E-state index in [0.29, 0.717) is 13.2 Å². The van der Waals surface area contributed by atoms with Crippen LogP contribution in [0.25, 0.3) is 0 Å². The van der Waals surface area contributed by atoms with Gasteiger partial charge in [0.05, 0.1) is 13.2 Å². The summed E-state index contributed by atoms with van der Waals surface area (Å²) in [5.74, 6) is 0.190. The molecule has 0 N–H and O–H groups in total. The summed E-state index contributed by atoms with van der Waals surface area (Å²) < 4.78 is 5.70. The first kappa shape index (κ1) is 13.9. The number of carbonyl (C=O) groups excluding carboxylic acids is 1. The van der Waals surface area contributed by atoms with E-state index in [9.17, 15) is 4.79 Å². The zero-order valence-corrected chi connectivity index (χ0v) is 13.3. The highest BCUT2D eigenvalue weighted by atomic mass is 16.6. The minimum absolute atomic E-state index is 0.0686. The highest BCUT2D eigenvalue weighted by molar-refractivity contribution is 6.03. The Bertz CT molecular complexity index is 530. The first-order valence-electron chi connectivity index (χ1n) is 7.36. The van der Waals surface area contributed by atoms with Gasteiger partial charge >= 0.3 is 0 Å². The molecular weight excluding hydrogens is 252 g/mol. The molecule has 0 radical (unpaired) electrons. The highest BCUT2D eigenvalue weighted by Gasteiger charge is 2.71. The molecule has 2 aliphatic heterocycles. The monoisotopic (exact) mass is 276 g/mol. The maximum Gasteiger partial charge on any atom is 0.201 e. The van der Waals surface area contributed by atoms with E-state index >= 15 is 0 Å². The normalized spacial score (nSPS) is 40.0. The van der Waals surface area contributed by atoms with Crippen LogP contribution in [0.3, 0.4) is 0 Å². The average Bonchev–Trinajstić information content (AvgIpc) is 2.92. The standard InChI is InChI=1S/C16H24N2O2/c1-13(2,3)11-7-10-8-17-18-16(10,14(4,5)6)12(19)15(11)9-20-15/h7,10H,8-9H2,1-6H3/t10-,15+,16-/m0/s1. The van der Waals surface area contributed by atoms with Crippen molar-refractivity contribution >= 4 is 5.78 Å². The average molecular weight is 276 g/mol. The molecule has 0 aromatic carbocycles. The van der Waals surface area contributed by atoms with Crippen LogP contribution in [-0.2, 0) is 9.53 Å². The molecule has 110 valence electrons. The predicted molar refractivity (Wildman–Crippen MR) is 76.6 cm³/mol. The lowest BCUT2D eigenvalue weighted by Gasteiger charge is -2.46. The Hall–Kier alpha value is -1.03. The molecule has 0 unspecified atom stereocenters. The first-order chi connectivity index (χ1) is 9.06. The molecular formula is C16H24N2O2. The fourth-order valence-corrected chi connectivity index (χ4v) is 3.86. The zero-order chi connectivity index (χ0) is 15.0. The highest BCUT2D eigenvalue weighted by Crippen LogP contribution is 2.58. The van der Waals surface area contributed by atoms with Crippen molar-refractivity contribution in [3.8, 4) is 0 Å². The van der Waals surface area contributed by atoms with Gasteiger partial charge in [0, 0.05) is 5.92 Å². The summed E-state index contributed by atoms with van der Waals surface area (Å²) in [4.78, 5) is 13.3. The maximum absolute atomic E-state index is 13.3. The quantitative estimate of drug-likeness (QED) is 0.504. The zero-order valence-electron chi connectivity index (χ0n) is 13.3. The van der Waals surface area contributed by atoms with Crippen LogP contribution in [0.4, 0.5) is 0 Å². The molecule has 4 heteroatoms. The number of hydrogen-bond donors (Lipinski definition) is 0. The first-order valence-corrected chi connectivity index (χ1v) is 7.36. The number of epoxide rings is 1. The van der Waals surface area contributed by atoms with E-state index in [1.165, 1.54) is 0 Å². The molecule has 1 spiro atoms. The predicted octanol–water partition coefficient (Wildman–Crippen LogP) is 3.18. The Kier molecular flexibility index (Phi) is 2.50. The largest absolute Gasteiger partial charge is 0.356 e. The van der Waals surface area contributed by atoms with E-state index in [0.717, 1.165) is 5.57 Å². The molecule has 1 saturated heterocycles. The summed E-state index contributed by atoms with van der Waals surface area (Å²) >= 11 is 0. The van der Waals surface area contributed by atoms with Crippen molar-refractivity contribution in [2.45, 2.75) is 52.7 Å². The van der Waals surface area contributed by atoms with Crippen LogP contribution in [0.5, 0.6) is 0 Å². The molecule has 0 aromatic rings. The van der Waals surface area contributed by atoms with E-state index in [4.69, 9.17) is 4.74 Å². The molecule has 0 amide bonds. The lowest BCUT2D eigenvalue weighted by molar-refractivity contribution is -0.134. The second-order valence-corrected chi connectivity index (χ2v) is 8.32. The molecule has 3 aliphatic rings. The van der Waals surface area contributed by atoms with Gasteiger partial charge < -0.3 is 4.74 Å². The molecule has 20 heavy (non-hydrogen) atoms. The molecule has 3 rings (SSSR count). The van der Waals surface area contributed by atoms with Crippen molar-refractivity contribution in [1.82, 2.24) is 0 Å². The van der Waals surface area contributed by atoms with Crippen molar-refractivity contribution in [2.75, 3.05) is 13.2 Å². The molecule has 0 saturated carbocycles. The van der Waals surface area contributed by atoms with E-state index in [2.05, 4.69) is 57.8 Å². The van der Waals surface area contributed by atoms with E-state index < -0.39 is 11.1 Å². The van der Waals surface area contributed by atoms with Crippen LogP contribution in [0.1, 0.15) is 41.5 Å². The van der Waals surface area contributed by atoms with E-state index in [-0.39, 0.29) is 22.5 Å². The number of ether oxygens (including phenoxy) is 1. The van der Waals surface area contributed by atoms with Gasteiger partial charge in [-0.3, -0.25) is 4.79 Å². The molecule has 0 aromatic heterocycles. The number of nitrogens with zero attached hydrogens (tertiary/aromatic N) is 2. The van der Waals surface area contributed by atoms with Crippen LogP contribution < -0.4 is 0 Å². The van der Waals surface area contributed by atoms with Crippen molar-refractivity contribution in [3.05, 3.63) is 11.6 Å². The van der Waals surface area contributed by atoms with Crippen molar-refractivity contribution in [2.24, 2.45) is 27.0 Å². The third kappa shape index (κ3) is 1.49. The number of fused-ring (bicyclic) bond motifs is 1. The summed E-state index contributed by atoms with van der Waals surface area (Å²) in [6.07, 6.45) is 2.24. The summed E-state index contributed by atoms with van der Waals surface area (Å²) in [5.41, 5.74) is -0.692. The van der Waals surface area contributed by atoms with Crippen LogP contribution in [0.15, 0.2) is 21.9 Å². The Morgan fingerprint density at radius 2 is 1.85 bits per heavy atom. The van der Waals surface area contributed by atoms with Gasteiger partial charge in [0.25, 0.3) is 0 Å². The van der Waals surface area contributed by atoms with E-state index in [1.54, 1.807) is 0 Å². The number of rotatable bonds is 0. The van der Waals surface area contributed by atoms with Gasteiger partial charge in [-0.1, -0.05) is 47.6 Å². The molecule has 1 fully saturated rings. The molecule has 1 aliphatic carbocycles. The van der Waals surface area contributed by atoms with Crippen LogP contribution >= 0.6 is 0 Å². The third-order valence-corrected chi connectivity index (χ3v) is 4.94. The topological polar surface area (TPSA) is 54.3 Å². The summed E-state index contributed by atoms with van der Waals surface area (Å²) in [6.45, 7) is 13.8. The number of azo groups is 1.